The van der Waals surface area contributed by atoms with E-state index < -0.39 is 0 Å². The summed E-state index contributed by atoms with van der Waals surface area (Å²) in [5, 5.41) is 6.13. The van der Waals surface area contributed by atoms with E-state index in [1.165, 1.54) is 0 Å². The van der Waals surface area contributed by atoms with Gasteiger partial charge in [-0.1, -0.05) is 6.92 Å². The maximum absolute atomic E-state index is 12.9. The summed E-state index contributed by atoms with van der Waals surface area (Å²) >= 11 is 0. The zero-order valence-corrected chi connectivity index (χ0v) is 15.8. The first-order valence-corrected chi connectivity index (χ1v) is 8.95. The van der Waals surface area contributed by atoms with E-state index in [1.54, 1.807) is 20.2 Å². The van der Waals surface area contributed by atoms with Crippen molar-refractivity contribution in [2.24, 2.45) is 5.92 Å². The zero-order valence-electron chi connectivity index (χ0n) is 15.8. The third kappa shape index (κ3) is 4.98. The van der Waals surface area contributed by atoms with Crippen molar-refractivity contribution in [3.05, 3.63) is 11.6 Å². The highest BCUT2D eigenvalue weighted by molar-refractivity contribution is 6.00. The van der Waals surface area contributed by atoms with Gasteiger partial charge in [0.1, 0.15) is 5.82 Å². The molecule has 0 radical (unpaired) electrons. The van der Waals surface area contributed by atoms with Gasteiger partial charge in [-0.05, 0) is 37.7 Å². The monoisotopic (exact) mass is 349 g/mol. The quantitative estimate of drug-likeness (QED) is 0.698. The van der Waals surface area contributed by atoms with Gasteiger partial charge in [-0.3, -0.25) is 4.79 Å². The second-order valence-electron chi connectivity index (χ2n) is 6.89. The van der Waals surface area contributed by atoms with Crippen LogP contribution in [-0.4, -0.2) is 51.3 Å². The highest BCUT2D eigenvalue weighted by atomic mass is 16.5. The van der Waals surface area contributed by atoms with Crippen LogP contribution in [0.15, 0.2) is 6.07 Å². The van der Waals surface area contributed by atoms with E-state index in [4.69, 9.17) is 10.5 Å². The molecule has 1 aliphatic carbocycles. The van der Waals surface area contributed by atoms with Crippen molar-refractivity contribution >= 4 is 23.2 Å². The Hall–Kier alpha value is -2.02. The number of ether oxygens (including phenoxy) is 1. The van der Waals surface area contributed by atoms with E-state index in [9.17, 15) is 4.79 Å². The molecule has 0 aromatic carbocycles. The standard InChI is InChI=1S/C18H31N5O2/c1-12-5-7-13(8-6-12)21-18(24)14-11-15(19)16(20-2)22-17(14)23(3)9-10-25-4/h11-13H,5-10,19H2,1-4H3,(H,20,22)(H,21,24). The molecule has 0 bridgehead atoms. The molecule has 0 aliphatic heterocycles. The number of nitrogens with zero attached hydrogens (tertiary/aromatic N) is 2. The first kappa shape index (κ1) is 19.3. The molecule has 25 heavy (non-hydrogen) atoms. The van der Waals surface area contributed by atoms with Gasteiger partial charge in [-0.2, -0.15) is 0 Å². The molecular weight excluding hydrogens is 318 g/mol. The van der Waals surface area contributed by atoms with E-state index in [-0.39, 0.29) is 11.9 Å². The number of anilines is 3. The number of aromatic nitrogens is 1. The Morgan fingerprint density at radius 2 is 2.08 bits per heavy atom. The van der Waals surface area contributed by atoms with E-state index in [0.29, 0.717) is 36.0 Å². The average Bonchev–Trinajstić information content (AvgIpc) is 2.61. The lowest BCUT2D eigenvalue weighted by atomic mass is 9.87. The maximum atomic E-state index is 12.9. The molecular formula is C18H31N5O2. The van der Waals surface area contributed by atoms with Crippen LogP contribution in [0.3, 0.4) is 0 Å². The average molecular weight is 349 g/mol. The summed E-state index contributed by atoms with van der Waals surface area (Å²) in [6.45, 7) is 3.46. The van der Waals surface area contributed by atoms with E-state index in [1.807, 2.05) is 11.9 Å². The summed E-state index contributed by atoms with van der Waals surface area (Å²) in [6.07, 6.45) is 4.37. The van der Waals surface area contributed by atoms with E-state index >= 15 is 0 Å². The number of nitrogens with two attached hydrogens (primary N) is 1. The molecule has 0 atom stereocenters. The molecule has 0 saturated heterocycles. The first-order valence-electron chi connectivity index (χ1n) is 8.95. The number of carbonyl (C=O) groups is 1. The van der Waals surface area contributed by atoms with Gasteiger partial charge < -0.3 is 26.0 Å². The van der Waals surface area contributed by atoms with Gasteiger partial charge in [0.05, 0.1) is 17.9 Å². The molecule has 2 rings (SSSR count). The summed E-state index contributed by atoms with van der Waals surface area (Å²) in [5.74, 6) is 1.82. The highest BCUT2D eigenvalue weighted by Gasteiger charge is 2.24. The van der Waals surface area contributed by atoms with E-state index in [2.05, 4.69) is 22.5 Å². The fourth-order valence-electron chi connectivity index (χ4n) is 3.18. The Labute approximate surface area is 150 Å². The fraction of sp³-hybridized carbons (Fsp3) is 0.667. The molecule has 7 heteroatoms. The van der Waals surface area contributed by atoms with Crippen LogP contribution in [0.4, 0.5) is 17.3 Å². The van der Waals surface area contributed by atoms with Crippen molar-refractivity contribution in [1.82, 2.24) is 10.3 Å². The Morgan fingerprint density at radius 1 is 1.40 bits per heavy atom. The van der Waals surface area contributed by atoms with Crippen molar-refractivity contribution in [2.45, 2.75) is 38.6 Å². The molecule has 1 aliphatic rings. The molecule has 0 unspecified atom stereocenters. The van der Waals surface area contributed by atoms with Crippen molar-refractivity contribution in [3.8, 4) is 0 Å². The summed E-state index contributed by atoms with van der Waals surface area (Å²) < 4.78 is 5.14. The molecule has 1 fully saturated rings. The Balaban J connectivity index is 2.21. The first-order chi connectivity index (χ1) is 12.0. The SMILES string of the molecule is CNc1nc(N(C)CCOC)c(C(=O)NC2CCC(C)CC2)cc1N. The number of carbonyl (C=O) groups excluding carboxylic acids is 1. The number of rotatable bonds is 7. The number of nitrogens with one attached hydrogen (secondary N) is 2. The van der Waals surface area contributed by atoms with Gasteiger partial charge in [0.25, 0.3) is 5.91 Å². The predicted octanol–water partition coefficient (Wildman–Crippen LogP) is 2.10. The molecule has 7 nitrogen and oxygen atoms in total. The number of pyridine rings is 1. The predicted molar refractivity (Wildman–Crippen MR) is 102 cm³/mol. The Bertz CT molecular complexity index is 585. The number of hydrogen-bond donors (Lipinski definition) is 3. The number of methoxy groups -OCH3 is 1. The van der Waals surface area contributed by atoms with Crippen molar-refractivity contribution in [3.63, 3.8) is 0 Å². The third-order valence-electron chi connectivity index (χ3n) is 4.86. The molecule has 1 aromatic rings. The van der Waals surface area contributed by atoms with Crippen LogP contribution in [0.2, 0.25) is 0 Å². The Morgan fingerprint density at radius 3 is 2.68 bits per heavy atom. The topological polar surface area (TPSA) is 92.5 Å². The number of hydrogen-bond acceptors (Lipinski definition) is 6. The lowest BCUT2D eigenvalue weighted by Crippen LogP contribution is -2.38. The van der Waals surface area contributed by atoms with Crippen molar-refractivity contribution in [1.29, 1.82) is 0 Å². The number of amides is 1. The molecule has 1 saturated carbocycles. The minimum atomic E-state index is -0.110. The second kappa shape index (κ2) is 8.89. The lowest BCUT2D eigenvalue weighted by Gasteiger charge is -2.28. The van der Waals surface area contributed by atoms with Gasteiger partial charge in [0.15, 0.2) is 5.82 Å². The molecule has 1 heterocycles. The number of likely N-dealkylation sites (N-methyl/N-ethyl adjacent to an activating group) is 1. The summed E-state index contributed by atoms with van der Waals surface area (Å²) in [6, 6.07) is 1.93. The molecule has 1 amide bonds. The smallest absolute Gasteiger partial charge is 0.255 e. The van der Waals surface area contributed by atoms with Gasteiger partial charge in [-0.15, -0.1) is 0 Å². The summed E-state index contributed by atoms with van der Waals surface area (Å²) in [7, 11) is 5.32. The van der Waals surface area contributed by atoms with Gasteiger partial charge in [0.2, 0.25) is 0 Å². The van der Waals surface area contributed by atoms with Crippen molar-refractivity contribution < 1.29 is 9.53 Å². The minimum Gasteiger partial charge on any atom is -0.396 e. The van der Waals surface area contributed by atoms with Crippen molar-refractivity contribution in [2.75, 3.05) is 50.3 Å². The Kier molecular flexibility index (Phi) is 6.87. The molecule has 140 valence electrons. The second-order valence-corrected chi connectivity index (χ2v) is 6.89. The summed E-state index contributed by atoms with van der Waals surface area (Å²) in [5.41, 5.74) is 7.02. The molecule has 1 aromatic heterocycles. The van der Waals surface area contributed by atoms with Crippen LogP contribution in [0, 0.1) is 5.92 Å². The zero-order chi connectivity index (χ0) is 18.4. The van der Waals surface area contributed by atoms with Crippen LogP contribution < -0.4 is 21.3 Å². The van der Waals surface area contributed by atoms with Crippen LogP contribution in [0.25, 0.3) is 0 Å². The van der Waals surface area contributed by atoms with Gasteiger partial charge in [-0.25, -0.2) is 4.98 Å². The largest absolute Gasteiger partial charge is 0.396 e. The fourth-order valence-corrected chi connectivity index (χ4v) is 3.18. The summed E-state index contributed by atoms with van der Waals surface area (Å²) in [4.78, 5) is 19.3. The van der Waals surface area contributed by atoms with Crippen LogP contribution >= 0.6 is 0 Å². The van der Waals surface area contributed by atoms with E-state index in [0.717, 1.165) is 31.6 Å². The maximum Gasteiger partial charge on any atom is 0.255 e. The van der Waals surface area contributed by atoms with Gasteiger partial charge >= 0.3 is 0 Å². The number of nitrogen functional groups attached to an aromatic ring is 1. The van der Waals surface area contributed by atoms with Crippen LogP contribution in [0.1, 0.15) is 43.0 Å². The third-order valence-corrected chi connectivity index (χ3v) is 4.86. The minimum absolute atomic E-state index is 0.110. The molecule has 0 spiro atoms. The van der Waals surface area contributed by atoms with Crippen LogP contribution in [-0.2, 0) is 4.74 Å². The highest BCUT2D eigenvalue weighted by Crippen LogP contribution is 2.27. The van der Waals surface area contributed by atoms with Gasteiger partial charge in [0, 0.05) is 33.8 Å². The molecule has 4 N–H and O–H groups in total. The normalized spacial score (nSPS) is 20.2. The van der Waals surface area contributed by atoms with Crippen LogP contribution in [0.5, 0.6) is 0 Å². The lowest BCUT2D eigenvalue weighted by molar-refractivity contribution is 0.0923.